The Hall–Kier alpha value is -2.41. The van der Waals surface area contributed by atoms with E-state index >= 15 is 0 Å². The molecule has 1 atom stereocenters. The zero-order valence-electron chi connectivity index (χ0n) is 18.7. The standard InChI is InChI=1S/C23H35N3O4/c1-5-25(6-2)13-7-9-17(3)24-22(28)10-8-14-26-20-15-19(18(4)27)11-12-21(20)30-16-23(26)29/h11-12,15,17H,5-10,13-14,16H2,1-4H3,(H,24,28)/t17-/m0/s1. The highest BCUT2D eigenvalue weighted by molar-refractivity contribution is 6.01. The highest BCUT2D eigenvalue weighted by atomic mass is 16.5. The average Bonchev–Trinajstić information content (AvgIpc) is 2.72. The fourth-order valence-electron chi connectivity index (χ4n) is 3.64. The Bertz CT molecular complexity index is 746. The second kappa shape index (κ2) is 11.7. The first-order valence-electron chi connectivity index (χ1n) is 11.0. The summed E-state index contributed by atoms with van der Waals surface area (Å²) in [5, 5.41) is 3.05. The smallest absolute Gasteiger partial charge is 0.265 e. The largest absolute Gasteiger partial charge is 0.482 e. The summed E-state index contributed by atoms with van der Waals surface area (Å²) in [6.07, 6.45) is 2.91. The second-order valence-corrected chi connectivity index (χ2v) is 7.81. The van der Waals surface area contributed by atoms with Crippen LogP contribution in [0.15, 0.2) is 18.2 Å². The predicted molar refractivity (Wildman–Crippen MR) is 118 cm³/mol. The van der Waals surface area contributed by atoms with E-state index in [4.69, 9.17) is 4.74 Å². The molecule has 0 aliphatic carbocycles. The molecule has 0 spiro atoms. The molecule has 1 aliphatic heterocycles. The van der Waals surface area contributed by atoms with Crippen LogP contribution in [0.3, 0.4) is 0 Å². The number of carbonyl (C=O) groups is 3. The molecular formula is C23H35N3O4. The lowest BCUT2D eigenvalue weighted by molar-refractivity contribution is -0.123. The van der Waals surface area contributed by atoms with Crippen LogP contribution in [0.5, 0.6) is 5.75 Å². The molecule has 30 heavy (non-hydrogen) atoms. The number of Topliss-reactive ketones (excluding diaryl/α,β-unsaturated/α-hetero) is 1. The number of nitrogens with zero attached hydrogens (tertiary/aromatic N) is 2. The molecule has 0 saturated carbocycles. The van der Waals surface area contributed by atoms with Gasteiger partial charge in [-0.3, -0.25) is 14.4 Å². The van der Waals surface area contributed by atoms with Gasteiger partial charge in [-0.1, -0.05) is 13.8 Å². The maximum atomic E-state index is 12.3. The number of hydrogen-bond donors (Lipinski definition) is 1. The van der Waals surface area contributed by atoms with Gasteiger partial charge in [0, 0.05) is 24.6 Å². The molecule has 1 aromatic rings. The number of hydrogen-bond acceptors (Lipinski definition) is 5. The fourth-order valence-corrected chi connectivity index (χ4v) is 3.64. The molecule has 0 saturated heterocycles. The average molecular weight is 418 g/mol. The molecule has 0 unspecified atom stereocenters. The molecular weight excluding hydrogens is 382 g/mol. The summed E-state index contributed by atoms with van der Waals surface area (Å²) in [5.74, 6) is 0.369. The van der Waals surface area contributed by atoms with Crippen molar-refractivity contribution in [2.45, 2.75) is 59.4 Å². The third-order valence-corrected chi connectivity index (χ3v) is 5.51. The van der Waals surface area contributed by atoms with Gasteiger partial charge in [-0.05, 0) is 70.9 Å². The molecule has 0 aromatic heterocycles. The summed E-state index contributed by atoms with van der Waals surface area (Å²) in [4.78, 5) is 40.3. The van der Waals surface area contributed by atoms with E-state index in [0.717, 1.165) is 32.5 Å². The number of benzene rings is 1. The Morgan fingerprint density at radius 3 is 2.63 bits per heavy atom. The third kappa shape index (κ3) is 6.83. The Kier molecular flexibility index (Phi) is 9.30. The first-order valence-corrected chi connectivity index (χ1v) is 11.0. The second-order valence-electron chi connectivity index (χ2n) is 7.81. The number of fused-ring (bicyclic) bond motifs is 1. The normalized spacial score (nSPS) is 14.3. The van der Waals surface area contributed by atoms with Gasteiger partial charge in [0.05, 0.1) is 5.69 Å². The van der Waals surface area contributed by atoms with E-state index in [0.29, 0.717) is 36.4 Å². The number of nitrogens with one attached hydrogen (secondary N) is 1. The van der Waals surface area contributed by atoms with Crippen LogP contribution in [0.25, 0.3) is 0 Å². The summed E-state index contributed by atoms with van der Waals surface area (Å²) in [5.41, 5.74) is 1.14. The summed E-state index contributed by atoms with van der Waals surface area (Å²) >= 11 is 0. The van der Waals surface area contributed by atoms with E-state index in [1.807, 2.05) is 6.92 Å². The number of amides is 2. The molecule has 0 bridgehead atoms. The molecule has 0 radical (unpaired) electrons. The van der Waals surface area contributed by atoms with E-state index in [2.05, 4.69) is 24.1 Å². The van der Waals surface area contributed by atoms with Crippen LogP contribution < -0.4 is 15.0 Å². The zero-order valence-corrected chi connectivity index (χ0v) is 18.7. The summed E-state index contributed by atoms with van der Waals surface area (Å²) in [6, 6.07) is 5.24. The van der Waals surface area contributed by atoms with Gasteiger partial charge in [0.15, 0.2) is 12.4 Å². The molecule has 2 rings (SSSR count). The number of ketones is 1. The highest BCUT2D eigenvalue weighted by Crippen LogP contribution is 2.33. The number of carbonyl (C=O) groups excluding carboxylic acids is 3. The molecule has 7 heteroatoms. The SMILES string of the molecule is CCN(CC)CCC[C@H](C)NC(=O)CCCN1C(=O)COc2ccc(C(C)=O)cc21. The van der Waals surface area contributed by atoms with Gasteiger partial charge in [-0.25, -0.2) is 0 Å². The lowest BCUT2D eigenvalue weighted by Crippen LogP contribution is -2.40. The van der Waals surface area contributed by atoms with Gasteiger partial charge in [0.25, 0.3) is 5.91 Å². The van der Waals surface area contributed by atoms with Crippen molar-refractivity contribution in [2.75, 3.05) is 37.7 Å². The van der Waals surface area contributed by atoms with Gasteiger partial charge in [0.2, 0.25) is 5.91 Å². The Morgan fingerprint density at radius 1 is 1.23 bits per heavy atom. The molecule has 1 aliphatic rings. The van der Waals surface area contributed by atoms with Gasteiger partial charge < -0.3 is 19.9 Å². The molecule has 166 valence electrons. The van der Waals surface area contributed by atoms with Crippen molar-refractivity contribution >= 4 is 23.3 Å². The predicted octanol–water partition coefficient (Wildman–Crippen LogP) is 3.02. The summed E-state index contributed by atoms with van der Waals surface area (Å²) in [6.45, 7) is 11.4. The Morgan fingerprint density at radius 2 is 1.97 bits per heavy atom. The van der Waals surface area contributed by atoms with Crippen LogP contribution in [-0.4, -0.2) is 61.3 Å². The van der Waals surface area contributed by atoms with Crippen molar-refractivity contribution < 1.29 is 19.1 Å². The van der Waals surface area contributed by atoms with Gasteiger partial charge in [-0.15, -0.1) is 0 Å². The van der Waals surface area contributed by atoms with Crippen molar-refractivity contribution in [3.8, 4) is 5.75 Å². The van der Waals surface area contributed by atoms with Crippen molar-refractivity contribution in [1.82, 2.24) is 10.2 Å². The highest BCUT2D eigenvalue weighted by Gasteiger charge is 2.26. The van der Waals surface area contributed by atoms with E-state index in [-0.39, 0.29) is 30.2 Å². The first-order chi connectivity index (χ1) is 14.3. The van der Waals surface area contributed by atoms with Crippen LogP contribution in [0, 0.1) is 0 Å². The molecule has 1 N–H and O–H groups in total. The molecule has 1 aromatic carbocycles. The Labute approximate surface area is 179 Å². The molecule has 7 nitrogen and oxygen atoms in total. The van der Waals surface area contributed by atoms with E-state index < -0.39 is 0 Å². The van der Waals surface area contributed by atoms with Crippen molar-refractivity contribution in [3.05, 3.63) is 23.8 Å². The summed E-state index contributed by atoms with van der Waals surface area (Å²) in [7, 11) is 0. The zero-order chi connectivity index (χ0) is 22.1. The monoisotopic (exact) mass is 417 g/mol. The minimum Gasteiger partial charge on any atom is -0.482 e. The van der Waals surface area contributed by atoms with Crippen LogP contribution >= 0.6 is 0 Å². The molecule has 2 amide bonds. The van der Waals surface area contributed by atoms with E-state index in [1.54, 1.807) is 23.1 Å². The quantitative estimate of drug-likeness (QED) is 0.529. The fraction of sp³-hybridized carbons (Fsp3) is 0.609. The van der Waals surface area contributed by atoms with Crippen molar-refractivity contribution in [2.24, 2.45) is 0 Å². The van der Waals surface area contributed by atoms with Gasteiger partial charge in [-0.2, -0.15) is 0 Å². The number of ether oxygens (including phenoxy) is 1. The number of anilines is 1. The van der Waals surface area contributed by atoms with Crippen LogP contribution in [0.1, 0.15) is 63.7 Å². The van der Waals surface area contributed by atoms with Gasteiger partial charge >= 0.3 is 0 Å². The third-order valence-electron chi connectivity index (χ3n) is 5.51. The van der Waals surface area contributed by atoms with E-state index in [1.165, 1.54) is 6.92 Å². The van der Waals surface area contributed by atoms with E-state index in [9.17, 15) is 14.4 Å². The first kappa shape index (κ1) is 23.9. The van der Waals surface area contributed by atoms with Crippen LogP contribution in [0.2, 0.25) is 0 Å². The van der Waals surface area contributed by atoms with Crippen LogP contribution in [-0.2, 0) is 9.59 Å². The topological polar surface area (TPSA) is 79.0 Å². The molecule has 1 heterocycles. The number of rotatable bonds is 12. The lowest BCUT2D eigenvalue weighted by atomic mass is 10.1. The maximum Gasteiger partial charge on any atom is 0.265 e. The molecule has 0 fully saturated rings. The van der Waals surface area contributed by atoms with Crippen LogP contribution in [0.4, 0.5) is 5.69 Å². The van der Waals surface area contributed by atoms with Crippen molar-refractivity contribution in [1.29, 1.82) is 0 Å². The van der Waals surface area contributed by atoms with Crippen molar-refractivity contribution in [3.63, 3.8) is 0 Å². The van der Waals surface area contributed by atoms with Gasteiger partial charge in [0.1, 0.15) is 5.75 Å². The summed E-state index contributed by atoms with van der Waals surface area (Å²) < 4.78 is 5.47. The maximum absolute atomic E-state index is 12.3. The minimum absolute atomic E-state index is 0.00348. The lowest BCUT2D eigenvalue weighted by Gasteiger charge is -2.29. The Balaban J connectivity index is 1.81. The minimum atomic E-state index is -0.159.